The van der Waals surface area contributed by atoms with Crippen molar-refractivity contribution in [3.63, 3.8) is 0 Å². The van der Waals surface area contributed by atoms with Crippen LogP contribution in [-0.2, 0) is 5.67 Å². The fourth-order valence-corrected chi connectivity index (χ4v) is 1.36. The molecule has 0 nitrogen and oxygen atoms in total. The molecule has 0 aliphatic carbocycles. The Kier molecular flexibility index (Phi) is 1.58. The number of thiophene rings is 1. The Morgan fingerprint density at radius 3 is 2.44 bits per heavy atom. The van der Waals surface area contributed by atoms with Gasteiger partial charge in [0.25, 0.3) is 0 Å². The van der Waals surface area contributed by atoms with E-state index in [2.05, 4.69) is 0 Å². The Bertz CT molecular complexity index is 171. The first kappa shape index (κ1) is 6.75. The first-order chi connectivity index (χ1) is 4.11. The van der Waals surface area contributed by atoms with Crippen molar-refractivity contribution in [3.05, 3.63) is 22.4 Å². The topological polar surface area (TPSA) is 0 Å². The molecule has 0 amide bonds. The van der Waals surface area contributed by atoms with Crippen molar-refractivity contribution >= 4 is 11.3 Å². The van der Waals surface area contributed by atoms with Gasteiger partial charge in [-0.2, -0.15) is 0 Å². The first-order valence-corrected chi connectivity index (χ1v) is 3.71. The summed E-state index contributed by atoms with van der Waals surface area (Å²) in [4.78, 5) is 0.794. The SMILES string of the molecule is CC(C)(F)c1cccs1. The van der Waals surface area contributed by atoms with Gasteiger partial charge in [0, 0.05) is 4.88 Å². The van der Waals surface area contributed by atoms with Crippen LogP contribution in [0, 0.1) is 0 Å². The van der Waals surface area contributed by atoms with E-state index in [4.69, 9.17) is 0 Å². The van der Waals surface area contributed by atoms with E-state index in [9.17, 15) is 4.39 Å². The third-order valence-electron chi connectivity index (χ3n) is 1.11. The van der Waals surface area contributed by atoms with Crippen LogP contribution in [0.1, 0.15) is 18.7 Å². The van der Waals surface area contributed by atoms with Crippen LogP contribution in [0.2, 0.25) is 0 Å². The van der Waals surface area contributed by atoms with E-state index in [0.717, 1.165) is 4.88 Å². The molecule has 9 heavy (non-hydrogen) atoms. The van der Waals surface area contributed by atoms with Crippen molar-refractivity contribution in [2.24, 2.45) is 0 Å². The standard InChI is InChI=1S/C7H9FS/c1-7(2,8)6-4-3-5-9-6/h3-5H,1-2H3. The maximum atomic E-state index is 13.0. The summed E-state index contributed by atoms with van der Waals surface area (Å²) in [5, 5.41) is 1.89. The minimum atomic E-state index is -1.16. The summed E-state index contributed by atoms with van der Waals surface area (Å²) in [7, 11) is 0. The number of hydrogen-bond donors (Lipinski definition) is 0. The van der Waals surface area contributed by atoms with Crippen molar-refractivity contribution in [3.8, 4) is 0 Å². The fraction of sp³-hybridized carbons (Fsp3) is 0.429. The molecule has 0 aliphatic rings. The lowest BCUT2D eigenvalue weighted by Gasteiger charge is -2.09. The molecule has 0 aliphatic heterocycles. The van der Waals surface area contributed by atoms with Crippen LogP contribution in [0.15, 0.2) is 17.5 Å². The average Bonchev–Trinajstić information content (AvgIpc) is 2.08. The Morgan fingerprint density at radius 1 is 1.56 bits per heavy atom. The highest BCUT2D eigenvalue weighted by Gasteiger charge is 2.18. The van der Waals surface area contributed by atoms with Gasteiger partial charge in [-0.3, -0.25) is 0 Å². The molecule has 1 aromatic heterocycles. The van der Waals surface area contributed by atoms with Crippen LogP contribution >= 0.6 is 11.3 Å². The van der Waals surface area contributed by atoms with Crippen LogP contribution in [-0.4, -0.2) is 0 Å². The van der Waals surface area contributed by atoms with Crippen LogP contribution < -0.4 is 0 Å². The minimum absolute atomic E-state index is 0.794. The van der Waals surface area contributed by atoms with Gasteiger partial charge < -0.3 is 0 Å². The van der Waals surface area contributed by atoms with Gasteiger partial charge in [-0.25, -0.2) is 4.39 Å². The Hall–Kier alpha value is -0.370. The zero-order chi connectivity index (χ0) is 6.91. The first-order valence-electron chi connectivity index (χ1n) is 2.83. The highest BCUT2D eigenvalue weighted by Crippen LogP contribution is 2.27. The number of alkyl halides is 1. The second-order valence-electron chi connectivity index (χ2n) is 2.45. The third kappa shape index (κ3) is 1.52. The average molecular weight is 144 g/mol. The predicted molar refractivity (Wildman–Crippen MR) is 38.5 cm³/mol. The van der Waals surface area contributed by atoms with Crippen LogP contribution in [0.4, 0.5) is 4.39 Å². The summed E-state index contributed by atoms with van der Waals surface area (Å²) in [6.07, 6.45) is 0. The van der Waals surface area contributed by atoms with E-state index in [1.807, 2.05) is 17.5 Å². The van der Waals surface area contributed by atoms with E-state index in [1.54, 1.807) is 13.8 Å². The molecule has 1 aromatic rings. The highest BCUT2D eigenvalue weighted by molar-refractivity contribution is 7.10. The lowest BCUT2D eigenvalue weighted by molar-refractivity contribution is 0.227. The Balaban J connectivity index is 2.90. The molecule has 0 saturated heterocycles. The van der Waals surface area contributed by atoms with Gasteiger partial charge >= 0.3 is 0 Å². The fourth-order valence-electron chi connectivity index (χ4n) is 0.617. The molecule has 0 aromatic carbocycles. The number of hydrogen-bond acceptors (Lipinski definition) is 1. The monoisotopic (exact) mass is 144 g/mol. The Labute approximate surface area is 58.3 Å². The molecule has 1 rings (SSSR count). The van der Waals surface area contributed by atoms with Crippen LogP contribution in [0.25, 0.3) is 0 Å². The van der Waals surface area contributed by atoms with Gasteiger partial charge in [-0.1, -0.05) is 6.07 Å². The largest absolute Gasteiger partial charge is 0.238 e. The minimum Gasteiger partial charge on any atom is -0.238 e. The van der Waals surface area contributed by atoms with Crippen LogP contribution in [0.5, 0.6) is 0 Å². The molecule has 0 unspecified atom stereocenters. The molecular weight excluding hydrogens is 135 g/mol. The smallest absolute Gasteiger partial charge is 0.139 e. The summed E-state index contributed by atoms with van der Waals surface area (Å²) in [6, 6.07) is 3.67. The second kappa shape index (κ2) is 2.10. The molecular formula is C7H9FS. The summed E-state index contributed by atoms with van der Waals surface area (Å²) >= 11 is 1.45. The number of rotatable bonds is 1. The van der Waals surface area contributed by atoms with E-state index >= 15 is 0 Å². The van der Waals surface area contributed by atoms with Gasteiger partial charge in [0.1, 0.15) is 5.67 Å². The van der Waals surface area contributed by atoms with Gasteiger partial charge in [0.05, 0.1) is 0 Å². The summed E-state index contributed by atoms with van der Waals surface area (Å²) in [6.45, 7) is 3.14. The lowest BCUT2D eigenvalue weighted by atomic mass is 10.1. The van der Waals surface area contributed by atoms with Gasteiger partial charge in [-0.05, 0) is 25.3 Å². The molecule has 0 N–H and O–H groups in total. The zero-order valence-corrected chi connectivity index (χ0v) is 6.33. The number of halogens is 1. The summed E-state index contributed by atoms with van der Waals surface area (Å²) in [5.41, 5.74) is -1.16. The van der Waals surface area contributed by atoms with E-state index in [0.29, 0.717) is 0 Å². The summed E-state index contributed by atoms with van der Waals surface area (Å²) in [5.74, 6) is 0. The van der Waals surface area contributed by atoms with Gasteiger partial charge in [-0.15, -0.1) is 11.3 Å². The van der Waals surface area contributed by atoms with Crippen molar-refractivity contribution in [1.29, 1.82) is 0 Å². The lowest BCUT2D eigenvalue weighted by Crippen LogP contribution is -2.05. The van der Waals surface area contributed by atoms with Crippen molar-refractivity contribution in [2.45, 2.75) is 19.5 Å². The van der Waals surface area contributed by atoms with Crippen LogP contribution in [0.3, 0.4) is 0 Å². The van der Waals surface area contributed by atoms with Gasteiger partial charge in [0.15, 0.2) is 0 Å². The van der Waals surface area contributed by atoms with E-state index in [1.165, 1.54) is 11.3 Å². The van der Waals surface area contributed by atoms with Crippen molar-refractivity contribution < 1.29 is 4.39 Å². The van der Waals surface area contributed by atoms with E-state index < -0.39 is 5.67 Å². The maximum absolute atomic E-state index is 13.0. The maximum Gasteiger partial charge on any atom is 0.139 e. The highest BCUT2D eigenvalue weighted by atomic mass is 32.1. The molecule has 0 saturated carbocycles. The molecule has 0 fully saturated rings. The van der Waals surface area contributed by atoms with Gasteiger partial charge in [0.2, 0.25) is 0 Å². The molecule has 2 heteroatoms. The van der Waals surface area contributed by atoms with Crippen molar-refractivity contribution in [2.75, 3.05) is 0 Å². The van der Waals surface area contributed by atoms with Crippen molar-refractivity contribution in [1.82, 2.24) is 0 Å². The Morgan fingerprint density at radius 2 is 2.22 bits per heavy atom. The molecule has 0 spiro atoms. The normalized spacial score (nSPS) is 11.9. The van der Waals surface area contributed by atoms with E-state index in [-0.39, 0.29) is 0 Å². The molecule has 50 valence electrons. The predicted octanol–water partition coefficient (Wildman–Crippen LogP) is 2.95. The quantitative estimate of drug-likeness (QED) is 0.568. The molecule has 0 radical (unpaired) electrons. The second-order valence-corrected chi connectivity index (χ2v) is 3.40. The molecule has 0 atom stereocenters. The molecule has 1 heterocycles. The zero-order valence-electron chi connectivity index (χ0n) is 5.52. The summed E-state index contributed by atoms with van der Waals surface area (Å²) < 4.78 is 13.0. The molecule has 0 bridgehead atoms. The third-order valence-corrected chi connectivity index (χ3v) is 2.28.